The minimum atomic E-state index is -4.18. The Balaban J connectivity index is 2.51. The number of ether oxygens (including phenoxy) is 1. The van der Waals surface area contributed by atoms with Crippen LogP contribution >= 0.6 is 11.9 Å². The highest BCUT2D eigenvalue weighted by atomic mass is 32.2. The highest BCUT2D eigenvalue weighted by Crippen LogP contribution is 2.47. The number of piperidine rings is 1. The maximum atomic E-state index is 13.0. The summed E-state index contributed by atoms with van der Waals surface area (Å²) in [5, 5.41) is 10.1. The molecule has 28 heavy (non-hydrogen) atoms. The molecule has 0 amide bonds. The number of hydrogen-bond acceptors (Lipinski definition) is 8. The van der Waals surface area contributed by atoms with Gasteiger partial charge in [-0.2, -0.15) is 4.72 Å². The number of benzene rings is 1. The minimum absolute atomic E-state index is 0.0377. The average Bonchev–Trinajstić information content (AvgIpc) is 2.68. The molecule has 0 aliphatic carbocycles. The number of nitrogens with one attached hydrogen (secondary N) is 1. The van der Waals surface area contributed by atoms with Crippen molar-refractivity contribution in [1.82, 2.24) is 9.62 Å². The second-order valence-electron chi connectivity index (χ2n) is 6.81. The van der Waals surface area contributed by atoms with Crippen molar-refractivity contribution in [2.24, 2.45) is 4.58 Å². The number of methoxy groups -OCH3 is 1. The van der Waals surface area contributed by atoms with Gasteiger partial charge in [-0.05, 0) is 63.7 Å². The fourth-order valence-corrected chi connectivity index (χ4v) is 6.08. The molecular formula is C17H25N3O6S2. The van der Waals surface area contributed by atoms with Crippen LogP contribution in [0.3, 0.4) is 0 Å². The first-order chi connectivity index (χ1) is 13.2. The number of nitrogens with zero attached hydrogens (tertiary/aromatic N) is 2. The van der Waals surface area contributed by atoms with Gasteiger partial charge in [0.05, 0.1) is 16.8 Å². The number of rotatable bonds is 9. The van der Waals surface area contributed by atoms with Crippen LogP contribution in [0, 0.1) is 4.91 Å². The molecule has 0 spiro atoms. The Bertz CT molecular complexity index is 807. The van der Waals surface area contributed by atoms with Crippen LogP contribution in [0.1, 0.15) is 26.2 Å². The van der Waals surface area contributed by atoms with E-state index >= 15 is 0 Å². The zero-order chi connectivity index (χ0) is 21.0. The van der Waals surface area contributed by atoms with E-state index in [2.05, 4.69) is 9.30 Å². The molecule has 1 aliphatic rings. The summed E-state index contributed by atoms with van der Waals surface area (Å²) >= 11 is 0.619. The Kier molecular flexibility index (Phi) is 7.07. The molecule has 2 N–H and O–H groups in total. The smallest absolute Gasteiger partial charge is 0.326 e. The molecule has 1 aliphatic heterocycles. The Labute approximate surface area is 169 Å². The molecule has 1 atom stereocenters. The van der Waals surface area contributed by atoms with Gasteiger partial charge >= 0.3 is 5.97 Å². The van der Waals surface area contributed by atoms with Gasteiger partial charge in [0.1, 0.15) is 11.3 Å². The monoisotopic (exact) mass is 431 g/mol. The molecule has 0 saturated carbocycles. The lowest BCUT2D eigenvalue weighted by Gasteiger charge is -2.48. The number of nitroso groups, excluding NO2 is 1. The zero-order valence-corrected chi connectivity index (χ0v) is 17.7. The number of carboxylic acid groups (broad SMARTS) is 1. The SMILES string of the molecule is CCC(NS(=O)(=O)c1ccc(OC)cc1)(C(=O)O)C1(SN=O)CCN(C)CC1. The summed E-state index contributed by atoms with van der Waals surface area (Å²) in [5.74, 6) is -0.848. The Hall–Kier alpha value is -1.69. The zero-order valence-electron chi connectivity index (χ0n) is 16.0. The van der Waals surface area contributed by atoms with E-state index < -0.39 is 26.3 Å². The molecule has 0 bridgehead atoms. The van der Waals surface area contributed by atoms with Gasteiger partial charge < -0.3 is 14.7 Å². The van der Waals surface area contributed by atoms with Gasteiger partial charge in [-0.25, -0.2) is 8.42 Å². The van der Waals surface area contributed by atoms with Crippen LogP contribution in [0.15, 0.2) is 33.7 Å². The number of carbonyl (C=O) groups is 1. The number of aliphatic carboxylic acids is 1. The second kappa shape index (κ2) is 8.76. The molecule has 0 radical (unpaired) electrons. The molecule has 11 heteroatoms. The van der Waals surface area contributed by atoms with Gasteiger partial charge in [0.25, 0.3) is 0 Å². The molecule has 1 aromatic rings. The highest BCUT2D eigenvalue weighted by molar-refractivity contribution is 7.99. The number of likely N-dealkylation sites (tertiary alicyclic amines) is 1. The molecule has 1 unspecified atom stereocenters. The third kappa shape index (κ3) is 4.17. The lowest BCUT2D eigenvalue weighted by Crippen LogP contribution is -2.69. The van der Waals surface area contributed by atoms with E-state index in [1.54, 1.807) is 6.92 Å². The lowest BCUT2D eigenvalue weighted by atomic mass is 9.75. The molecule has 156 valence electrons. The van der Waals surface area contributed by atoms with Crippen LogP contribution in [-0.2, 0) is 14.8 Å². The first-order valence-electron chi connectivity index (χ1n) is 8.77. The molecule has 1 aromatic carbocycles. The van der Waals surface area contributed by atoms with Gasteiger partial charge in [-0.3, -0.25) is 4.79 Å². The van der Waals surface area contributed by atoms with E-state index in [0.717, 1.165) is 0 Å². The van der Waals surface area contributed by atoms with Crippen LogP contribution in [0.4, 0.5) is 0 Å². The van der Waals surface area contributed by atoms with E-state index in [9.17, 15) is 23.2 Å². The lowest BCUT2D eigenvalue weighted by molar-refractivity contribution is -0.146. The largest absolute Gasteiger partial charge is 0.497 e. The highest BCUT2D eigenvalue weighted by Gasteiger charge is 2.59. The Morgan fingerprint density at radius 3 is 2.36 bits per heavy atom. The van der Waals surface area contributed by atoms with Gasteiger partial charge in [0.2, 0.25) is 10.0 Å². The maximum absolute atomic E-state index is 13.0. The third-order valence-corrected chi connectivity index (χ3v) is 8.05. The van der Waals surface area contributed by atoms with E-state index in [1.807, 2.05) is 11.9 Å². The second-order valence-corrected chi connectivity index (χ2v) is 9.60. The van der Waals surface area contributed by atoms with Crippen molar-refractivity contribution in [1.29, 1.82) is 0 Å². The Morgan fingerprint density at radius 1 is 1.36 bits per heavy atom. The topological polar surface area (TPSA) is 125 Å². The molecule has 9 nitrogen and oxygen atoms in total. The maximum Gasteiger partial charge on any atom is 0.326 e. The first kappa shape index (κ1) is 22.6. The van der Waals surface area contributed by atoms with Crippen molar-refractivity contribution >= 4 is 27.9 Å². The van der Waals surface area contributed by atoms with Crippen LogP contribution in [-0.4, -0.2) is 61.9 Å². The summed E-state index contributed by atoms with van der Waals surface area (Å²) in [5.41, 5.74) is -1.88. The van der Waals surface area contributed by atoms with E-state index in [0.29, 0.717) is 43.6 Å². The van der Waals surface area contributed by atoms with Crippen molar-refractivity contribution in [3.8, 4) is 5.75 Å². The molecule has 0 aromatic heterocycles. The predicted octanol–water partition coefficient (Wildman–Crippen LogP) is 2.09. The summed E-state index contributed by atoms with van der Waals surface area (Å²) < 4.78 is 35.2. The van der Waals surface area contributed by atoms with Crippen LogP contribution in [0.25, 0.3) is 0 Å². The van der Waals surface area contributed by atoms with Crippen molar-refractivity contribution in [3.05, 3.63) is 29.2 Å². The van der Waals surface area contributed by atoms with E-state index in [-0.39, 0.29) is 11.3 Å². The van der Waals surface area contributed by atoms with Crippen LogP contribution in [0.2, 0.25) is 0 Å². The van der Waals surface area contributed by atoms with Gasteiger partial charge in [-0.1, -0.05) is 6.92 Å². The van der Waals surface area contributed by atoms with Gasteiger partial charge in [0, 0.05) is 16.5 Å². The predicted molar refractivity (Wildman–Crippen MR) is 107 cm³/mol. The summed E-state index contributed by atoms with van der Waals surface area (Å²) in [6.07, 6.45) is 0.584. The number of hydrogen-bond donors (Lipinski definition) is 2. The summed E-state index contributed by atoms with van der Waals surface area (Å²) in [4.78, 5) is 25.5. The van der Waals surface area contributed by atoms with Crippen LogP contribution < -0.4 is 9.46 Å². The first-order valence-corrected chi connectivity index (χ1v) is 11.0. The Morgan fingerprint density at radius 2 is 1.93 bits per heavy atom. The minimum Gasteiger partial charge on any atom is -0.497 e. The standard InChI is InChI=1S/C17H25N3O6S2/c1-4-17(15(21)22,16(27-19-23)9-11-20(2)12-10-16)18-28(24,25)14-7-5-13(26-3)6-8-14/h5-8,18H,4,9-12H2,1-3H3,(H,21,22). The van der Waals surface area contributed by atoms with Crippen molar-refractivity contribution in [2.75, 3.05) is 27.2 Å². The van der Waals surface area contributed by atoms with Gasteiger partial charge in [0.15, 0.2) is 0 Å². The fraction of sp³-hybridized carbons (Fsp3) is 0.588. The van der Waals surface area contributed by atoms with E-state index in [1.165, 1.54) is 31.4 Å². The number of sulfonamides is 1. The third-order valence-electron chi connectivity index (χ3n) is 5.36. The van der Waals surface area contributed by atoms with Crippen molar-refractivity contribution < 1.29 is 23.1 Å². The normalized spacial score (nSPS) is 19.5. The molecule has 1 fully saturated rings. The molecule has 2 rings (SSSR count). The fourth-order valence-electron chi connectivity index (χ4n) is 3.57. The average molecular weight is 432 g/mol. The van der Waals surface area contributed by atoms with Crippen molar-refractivity contribution in [3.63, 3.8) is 0 Å². The quantitative estimate of drug-likeness (QED) is 0.450. The van der Waals surface area contributed by atoms with Crippen molar-refractivity contribution in [2.45, 2.75) is 41.4 Å². The van der Waals surface area contributed by atoms with E-state index in [4.69, 9.17) is 4.74 Å². The molecule has 1 heterocycles. The molecule has 1 saturated heterocycles. The summed E-state index contributed by atoms with van der Waals surface area (Å²) in [6.45, 7) is 2.65. The summed E-state index contributed by atoms with van der Waals surface area (Å²) in [7, 11) is -0.829. The van der Waals surface area contributed by atoms with Crippen LogP contribution in [0.5, 0.6) is 5.75 Å². The molecular weight excluding hydrogens is 406 g/mol. The number of carboxylic acids is 1. The summed E-state index contributed by atoms with van der Waals surface area (Å²) in [6, 6.07) is 5.65. The van der Waals surface area contributed by atoms with Gasteiger partial charge in [-0.15, -0.1) is 4.91 Å².